The molecular formula is C65H70BN3. The summed E-state index contributed by atoms with van der Waals surface area (Å²) < 4.78 is 0. The minimum Gasteiger partial charge on any atom is -0.311 e. The minimum absolute atomic E-state index is 0.0174. The zero-order valence-electron chi connectivity index (χ0n) is 43.7. The second kappa shape index (κ2) is 14.3. The second-order valence-corrected chi connectivity index (χ2v) is 25.8. The predicted octanol–water partition coefficient (Wildman–Crippen LogP) is 15.7. The lowest BCUT2D eigenvalue weighted by atomic mass is 9.33. The van der Waals surface area contributed by atoms with E-state index in [0.29, 0.717) is 0 Å². The third-order valence-electron chi connectivity index (χ3n) is 17.5. The first-order chi connectivity index (χ1) is 32.5. The minimum atomic E-state index is 0.0174. The van der Waals surface area contributed by atoms with Gasteiger partial charge in [0.2, 0.25) is 0 Å². The molecule has 3 nitrogen and oxygen atoms in total. The number of para-hydroxylation sites is 2. The average molecular weight is 904 g/mol. The highest BCUT2D eigenvalue weighted by molar-refractivity contribution is 7.00. The molecule has 0 atom stereocenters. The van der Waals surface area contributed by atoms with E-state index in [1.165, 1.54) is 95.0 Å². The van der Waals surface area contributed by atoms with Crippen LogP contribution in [0.2, 0.25) is 0 Å². The van der Waals surface area contributed by atoms with Crippen molar-refractivity contribution in [1.29, 1.82) is 0 Å². The third-order valence-corrected chi connectivity index (χ3v) is 17.5. The summed E-state index contributed by atoms with van der Waals surface area (Å²) in [5, 5.41) is 0. The predicted molar refractivity (Wildman–Crippen MR) is 297 cm³/mol. The Morgan fingerprint density at radius 2 is 0.841 bits per heavy atom. The zero-order chi connectivity index (χ0) is 48.5. The number of aryl methyl sites for hydroxylation is 2. The summed E-state index contributed by atoms with van der Waals surface area (Å²) in [6.07, 6.45) is 3.39. The van der Waals surface area contributed by atoms with Crippen LogP contribution < -0.4 is 31.1 Å². The van der Waals surface area contributed by atoms with Crippen molar-refractivity contribution >= 4 is 74.3 Å². The average Bonchev–Trinajstić information content (AvgIpc) is 3.68. The summed E-state index contributed by atoms with van der Waals surface area (Å²) >= 11 is 0. The lowest BCUT2D eigenvalue weighted by molar-refractivity contribution is 0.402. The Bertz CT molecular complexity index is 3260. The number of benzene rings is 7. The molecule has 0 saturated heterocycles. The van der Waals surface area contributed by atoms with Crippen LogP contribution in [0.1, 0.15) is 147 Å². The molecule has 0 saturated carbocycles. The van der Waals surface area contributed by atoms with E-state index in [2.05, 4.69) is 245 Å². The van der Waals surface area contributed by atoms with E-state index < -0.39 is 0 Å². The fourth-order valence-corrected chi connectivity index (χ4v) is 15.3. The first kappa shape index (κ1) is 44.2. The van der Waals surface area contributed by atoms with Crippen molar-refractivity contribution in [2.45, 2.75) is 149 Å². The van der Waals surface area contributed by atoms with Crippen molar-refractivity contribution in [3.8, 4) is 0 Å². The summed E-state index contributed by atoms with van der Waals surface area (Å²) in [4.78, 5) is 7.80. The third kappa shape index (κ3) is 6.45. The number of anilines is 9. The van der Waals surface area contributed by atoms with Crippen LogP contribution in [0.25, 0.3) is 0 Å². The highest BCUT2D eigenvalue weighted by Crippen LogP contribution is 2.57. The Hall–Kier alpha value is -6.00. The number of nitrogens with zero attached hydrogens (tertiary/aromatic N) is 3. The smallest absolute Gasteiger partial charge is 0.252 e. The normalized spacial score (nSPS) is 19.6. The number of hydrogen-bond donors (Lipinski definition) is 0. The van der Waals surface area contributed by atoms with E-state index in [-0.39, 0.29) is 39.2 Å². The Morgan fingerprint density at radius 1 is 0.377 bits per heavy atom. The van der Waals surface area contributed by atoms with E-state index in [0.717, 1.165) is 36.3 Å². The maximum Gasteiger partial charge on any atom is 0.252 e. The summed E-state index contributed by atoms with van der Waals surface area (Å²) in [5.41, 5.74) is 27.2. The van der Waals surface area contributed by atoms with E-state index in [1.807, 2.05) is 0 Å². The van der Waals surface area contributed by atoms with Crippen LogP contribution in [0.15, 0.2) is 133 Å². The van der Waals surface area contributed by atoms with Gasteiger partial charge in [-0.15, -0.1) is 0 Å². The molecule has 0 aromatic heterocycles. The van der Waals surface area contributed by atoms with Crippen molar-refractivity contribution in [2.24, 2.45) is 0 Å². The van der Waals surface area contributed by atoms with Gasteiger partial charge in [0.1, 0.15) is 0 Å². The van der Waals surface area contributed by atoms with Gasteiger partial charge >= 0.3 is 0 Å². The van der Waals surface area contributed by atoms with Gasteiger partial charge in [0, 0.05) is 51.2 Å². The molecule has 7 aromatic rings. The Labute approximate surface area is 413 Å². The number of hydrogen-bond acceptors (Lipinski definition) is 3. The van der Waals surface area contributed by atoms with E-state index in [4.69, 9.17) is 0 Å². The molecule has 0 bridgehead atoms. The molecular weight excluding hydrogens is 834 g/mol. The molecule has 4 heteroatoms. The zero-order valence-corrected chi connectivity index (χ0v) is 43.7. The molecule has 348 valence electrons. The van der Waals surface area contributed by atoms with Gasteiger partial charge in [0.25, 0.3) is 6.71 Å². The van der Waals surface area contributed by atoms with Crippen LogP contribution in [-0.4, -0.2) is 6.71 Å². The summed E-state index contributed by atoms with van der Waals surface area (Å²) in [6.45, 7) is 34.2. The standard InChI is InChI=1S/C65H70BN3/c1-40-29-57-59-58(30-40)69(54-35-50-47(31-41(54)2)61(5,6)38-64(50,11)12)55-33-45(67(42-21-17-15-18-22-42)43-23-19-16-20-24-43)26-28-52(55)66(59)53-34-49-51(65(13,14)39-63(49,9)10)36-56(53)68(57)44-25-27-46-48(32-44)62(7,8)37-60(46,3)4/h15-36H,37-39H2,1-14H3. The molecule has 7 aromatic carbocycles. The second-order valence-electron chi connectivity index (χ2n) is 25.8. The topological polar surface area (TPSA) is 9.72 Å². The molecule has 0 unspecified atom stereocenters. The molecule has 69 heavy (non-hydrogen) atoms. The molecule has 12 rings (SSSR count). The monoisotopic (exact) mass is 904 g/mol. The summed E-state index contributed by atoms with van der Waals surface area (Å²) in [6, 6.07) is 52.1. The van der Waals surface area contributed by atoms with Gasteiger partial charge in [-0.25, -0.2) is 0 Å². The molecule has 0 fully saturated rings. The molecule has 2 heterocycles. The molecule has 5 aliphatic rings. The van der Waals surface area contributed by atoms with Crippen LogP contribution >= 0.6 is 0 Å². The van der Waals surface area contributed by atoms with Crippen LogP contribution in [0, 0.1) is 13.8 Å². The van der Waals surface area contributed by atoms with Crippen molar-refractivity contribution < 1.29 is 0 Å². The summed E-state index contributed by atoms with van der Waals surface area (Å²) in [7, 11) is 0. The molecule has 0 radical (unpaired) electrons. The Kier molecular flexibility index (Phi) is 9.17. The van der Waals surface area contributed by atoms with Gasteiger partial charge < -0.3 is 14.7 Å². The number of fused-ring (bicyclic) bond motifs is 7. The Morgan fingerprint density at radius 3 is 1.41 bits per heavy atom. The van der Waals surface area contributed by atoms with E-state index in [1.54, 1.807) is 0 Å². The summed E-state index contributed by atoms with van der Waals surface area (Å²) in [5.74, 6) is 0. The van der Waals surface area contributed by atoms with E-state index in [9.17, 15) is 0 Å². The first-order valence-corrected chi connectivity index (χ1v) is 25.8. The van der Waals surface area contributed by atoms with Crippen LogP contribution in [0.5, 0.6) is 0 Å². The van der Waals surface area contributed by atoms with E-state index >= 15 is 0 Å². The molecule has 0 amide bonds. The van der Waals surface area contributed by atoms with Crippen molar-refractivity contribution in [1.82, 2.24) is 0 Å². The molecule has 0 N–H and O–H groups in total. The van der Waals surface area contributed by atoms with Crippen molar-refractivity contribution in [2.75, 3.05) is 14.7 Å². The highest BCUT2D eigenvalue weighted by atomic mass is 15.2. The van der Waals surface area contributed by atoms with Crippen LogP contribution in [0.4, 0.5) is 51.2 Å². The molecule has 2 aliphatic heterocycles. The largest absolute Gasteiger partial charge is 0.311 e. The van der Waals surface area contributed by atoms with Crippen LogP contribution in [0.3, 0.4) is 0 Å². The number of rotatable bonds is 5. The SMILES string of the molecule is Cc1cc2c3c(c1)N(c1cc4c(cc1C)C(C)(C)CC4(C)C)c1cc(N(c4ccccc4)c4ccccc4)ccc1B3c1cc3c(cc1N2c1ccc2c(c1)C(C)(C)CC2(C)C)C(C)(C)CC3(C)C. The van der Waals surface area contributed by atoms with Gasteiger partial charge in [-0.05, 0) is 199 Å². The first-order valence-electron chi connectivity index (χ1n) is 25.8. The fourth-order valence-electron chi connectivity index (χ4n) is 15.3. The van der Waals surface area contributed by atoms with Crippen molar-refractivity contribution in [3.05, 3.63) is 178 Å². The Balaban J connectivity index is 1.19. The molecule has 0 spiro atoms. The van der Waals surface area contributed by atoms with Gasteiger partial charge in [-0.2, -0.15) is 0 Å². The quantitative estimate of drug-likeness (QED) is 0.159. The van der Waals surface area contributed by atoms with Crippen LogP contribution in [-0.2, 0) is 32.5 Å². The van der Waals surface area contributed by atoms with Gasteiger partial charge in [-0.1, -0.05) is 144 Å². The lowest BCUT2D eigenvalue weighted by Gasteiger charge is -2.45. The maximum absolute atomic E-state index is 2.69. The highest BCUT2D eigenvalue weighted by Gasteiger charge is 2.50. The fraction of sp³-hybridized carbons (Fsp3) is 0.354. The van der Waals surface area contributed by atoms with Gasteiger partial charge in [0.05, 0.1) is 0 Å². The van der Waals surface area contributed by atoms with Gasteiger partial charge in [-0.3, -0.25) is 0 Å². The maximum atomic E-state index is 2.69. The molecule has 3 aliphatic carbocycles. The van der Waals surface area contributed by atoms with Gasteiger partial charge in [0.15, 0.2) is 0 Å². The lowest BCUT2D eigenvalue weighted by Crippen LogP contribution is -2.61. The van der Waals surface area contributed by atoms with Crippen molar-refractivity contribution in [3.63, 3.8) is 0 Å².